The summed E-state index contributed by atoms with van der Waals surface area (Å²) in [5.74, 6) is -2.38. The van der Waals surface area contributed by atoms with Gasteiger partial charge < -0.3 is 5.73 Å². The van der Waals surface area contributed by atoms with Crippen LogP contribution in [0.3, 0.4) is 0 Å². The quantitative estimate of drug-likeness (QED) is 0.757. The molecule has 4 nitrogen and oxygen atoms in total. The minimum absolute atomic E-state index is 0.341. The number of nitrogens with zero attached hydrogens (tertiary/aromatic N) is 3. The lowest BCUT2D eigenvalue weighted by molar-refractivity contribution is -0.151. The Morgan fingerprint density at radius 2 is 1.55 bits per heavy atom. The monoisotopic (exact) mass is 316 g/mol. The Balaban J connectivity index is 2.89. The fraction of sp³-hybridized carbons (Fsp3) is 0.222. The molecule has 0 aliphatic carbocycles. The van der Waals surface area contributed by atoms with Crippen molar-refractivity contribution in [2.75, 3.05) is 5.73 Å². The maximum atomic E-state index is 12.8. The van der Waals surface area contributed by atoms with Gasteiger partial charge in [-0.05, 0) is 6.07 Å². The van der Waals surface area contributed by atoms with E-state index in [0.717, 1.165) is 6.07 Å². The van der Waals surface area contributed by atoms with Crippen molar-refractivity contribution in [1.82, 2.24) is 15.0 Å². The SMILES string of the molecule is Nc1nc2nc(C(F)(F)F)nc(C(F)(F)F)c2cc1Cl. The molecule has 2 aromatic heterocycles. The maximum absolute atomic E-state index is 12.8. The van der Waals surface area contributed by atoms with Crippen LogP contribution in [0, 0.1) is 0 Å². The third-order valence-corrected chi connectivity index (χ3v) is 2.49. The molecule has 0 bridgehead atoms. The normalized spacial score (nSPS) is 12.9. The topological polar surface area (TPSA) is 64.7 Å². The first kappa shape index (κ1) is 14.6. The first-order valence-corrected chi connectivity index (χ1v) is 5.16. The van der Waals surface area contributed by atoms with Crippen LogP contribution in [0.1, 0.15) is 11.5 Å². The number of hydrogen-bond acceptors (Lipinski definition) is 4. The highest BCUT2D eigenvalue weighted by molar-refractivity contribution is 6.33. The lowest BCUT2D eigenvalue weighted by Gasteiger charge is -2.12. The number of alkyl halides is 6. The van der Waals surface area contributed by atoms with Gasteiger partial charge in [0.2, 0.25) is 5.82 Å². The number of aromatic nitrogens is 3. The van der Waals surface area contributed by atoms with Crippen molar-refractivity contribution in [3.63, 3.8) is 0 Å². The Kier molecular flexibility index (Phi) is 3.16. The molecule has 2 N–H and O–H groups in total. The number of nitrogens with two attached hydrogens (primary N) is 1. The fourth-order valence-corrected chi connectivity index (χ4v) is 1.54. The lowest BCUT2D eigenvalue weighted by atomic mass is 10.2. The number of nitrogen functional groups attached to an aromatic ring is 1. The van der Waals surface area contributed by atoms with Crippen LogP contribution in [0.15, 0.2) is 6.07 Å². The average molecular weight is 317 g/mol. The van der Waals surface area contributed by atoms with Crippen LogP contribution in [-0.4, -0.2) is 15.0 Å². The molecule has 0 aliphatic heterocycles. The molecule has 2 rings (SSSR count). The summed E-state index contributed by atoms with van der Waals surface area (Å²) in [6.45, 7) is 0. The van der Waals surface area contributed by atoms with E-state index in [4.69, 9.17) is 17.3 Å². The van der Waals surface area contributed by atoms with Crippen LogP contribution in [0.5, 0.6) is 0 Å². The van der Waals surface area contributed by atoms with E-state index in [9.17, 15) is 26.3 Å². The molecular formula is C9H3ClF6N4. The Bertz CT molecular complexity index is 681. The molecule has 0 saturated carbocycles. The van der Waals surface area contributed by atoms with Gasteiger partial charge in [-0.25, -0.2) is 15.0 Å². The van der Waals surface area contributed by atoms with Gasteiger partial charge in [0.05, 0.1) is 10.4 Å². The summed E-state index contributed by atoms with van der Waals surface area (Å²) in [6, 6.07) is 0.724. The second-order valence-electron chi connectivity index (χ2n) is 3.62. The first-order chi connectivity index (χ1) is 9.00. The molecule has 0 unspecified atom stereocenters. The summed E-state index contributed by atoms with van der Waals surface area (Å²) in [6.07, 6.45) is -10.3. The van der Waals surface area contributed by atoms with Crippen molar-refractivity contribution >= 4 is 28.5 Å². The van der Waals surface area contributed by atoms with E-state index >= 15 is 0 Å². The first-order valence-electron chi connectivity index (χ1n) is 4.78. The molecule has 108 valence electrons. The third kappa shape index (κ3) is 2.55. The number of anilines is 1. The summed E-state index contributed by atoms with van der Waals surface area (Å²) >= 11 is 5.51. The predicted molar refractivity (Wildman–Crippen MR) is 56.8 cm³/mol. The molecule has 11 heteroatoms. The highest BCUT2D eigenvalue weighted by Crippen LogP contribution is 2.37. The minimum Gasteiger partial charge on any atom is -0.382 e. The summed E-state index contributed by atoms with van der Waals surface area (Å²) in [5, 5.41) is -1.10. The van der Waals surface area contributed by atoms with Crippen LogP contribution in [0.25, 0.3) is 11.0 Å². The molecule has 0 saturated heterocycles. The van der Waals surface area contributed by atoms with Crippen molar-refractivity contribution in [3.05, 3.63) is 22.6 Å². The molecule has 0 fully saturated rings. The summed E-state index contributed by atoms with van der Waals surface area (Å²) in [5.41, 5.74) is 2.63. The van der Waals surface area contributed by atoms with E-state index in [2.05, 4.69) is 15.0 Å². The highest BCUT2D eigenvalue weighted by Gasteiger charge is 2.41. The van der Waals surface area contributed by atoms with Gasteiger partial charge in [-0.2, -0.15) is 26.3 Å². The van der Waals surface area contributed by atoms with Gasteiger partial charge in [0.25, 0.3) is 0 Å². The minimum atomic E-state index is -5.15. The van der Waals surface area contributed by atoms with Gasteiger partial charge in [0, 0.05) is 0 Å². The number of fused-ring (bicyclic) bond motifs is 1. The average Bonchev–Trinajstić information content (AvgIpc) is 2.26. The van der Waals surface area contributed by atoms with E-state index in [0.29, 0.717) is 0 Å². The summed E-state index contributed by atoms with van der Waals surface area (Å²) < 4.78 is 75.7. The van der Waals surface area contributed by atoms with Crippen LogP contribution in [-0.2, 0) is 12.4 Å². The maximum Gasteiger partial charge on any atom is 0.451 e. The van der Waals surface area contributed by atoms with E-state index in [1.807, 2.05) is 0 Å². The molecule has 0 spiro atoms. The summed E-state index contributed by atoms with van der Waals surface area (Å²) in [7, 11) is 0. The fourth-order valence-electron chi connectivity index (χ4n) is 1.39. The van der Waals surface area contributed by atoms with Crippen molar-refractivity contribution in [2.45, 2.75) is 12.4 Å². The van der Waals surface area contributed by atoms with Crippen LogP contribution < -0.4 is 5.73 Å². The van der Waals surface area contributed by atoms with Crippen LogP contribution >= 0.6 is 11.6 Å². The second kappa shape index (κ2) is 4.33. The van der Waals surface area contributed by atoms with Crippen LogP contribution in [0.4, 0.5) is 32.2 Å². The number of rotatable bonds is 0. The van der Waals surface area contributed by atoms with E-state index < -0.39 is 40.7 Å². The molecule has 0 aromatic carbocycles. The molecule has 20 heavy (non-hydrogen) atoms. The van der Waals surface area contributed by atoms with E-state index in [1.54, 1.807) is 0 Å². The molecule has 0 radical (unpaired) electrons. The van der Waals surface area contributed by atoms with E-state index in [1.165, 1.54) is 0 Å². The number of hydrogen-bond donors (Lipinski definition) is 1. The molecule has 2 aromatic rings. The standard InChI is InChI=1S/C9H3ClF6N4/c10-3-1-2-4(8(11,12)13)18-7(9(14,15)16)20-6(2)19-5(3)17/h1H,(H2,17,18,19,20). The molecule has 0 amide bonds. The zero-order chi connectivity index (χ0) is 15.3. The van der Waals surface area contributed by atoms with Crippen molar-refractivity contribution in [2.24, 2.45) is 0 Å². The van der Waals surface area contributed by atoms with Gasteiger partial charge in [-0.1, -0.05) is 11.6 Å². The molecule has 0 atom stereocenters. The third-order valence-electron chi connectivity index (χ3n) is 2.19. The number of pyridine rings is 1. The predicted octanol–water partition coefficient (Wildman–Crippen LogP) is 3.30. The Hall–Kier alpha value is -1.84. The Morgan fingerprint density at radius 3 is 2.05 bits per heavy atom. The van der Waals surface area contributed by atoms with Crippen molar-refractivity contribution in [1.29, 1.82) is 0 Å². The van der Waals surface area contributed by atoms with Gasteiger partial charge in [0.1, 0.15) is 5.82 Å². The molecule has 0 aliphatic rings. The van der Waals surface area contributed by atoms with Crippen molar-refractivity contribution in [3.8, 4) is 0 Å². The Labute approximate surface area is 111 Å². The van der Waals surface area contributed by atoms with Crippen LogP contribution in [0.2, 0.25) is 5.02 Å². The number of halogens is 7. The lowest BCUT2D eigenvalue weighted by Crippen LogP contribution is -2.18. The largest absolute Gasteiger partial charge is 0.451 e. The second-order valence-corrected chi connectivity index (χ2v) is 4.03. The van der Waals surface area contributed by atoms with Gasteiger partial charge in [0.15, 0.2) is 11.3 Å². The Morgan fingerprint density at radius 1 is 0.950 bits per heavy atom. The van der Waals surface area contributed by atoms with Gasteiger partial charge in [-0.3, -0.25) is 0 Å². The van der Waals surface area contributed by atoms with Crippen molar-refractivity contribution < 1.29 is 26.3 Å². The zero-order valence-electron chi connectivity index (χ0n) is 9.14. The van der Waals surface area contributed by atoms with Gasteiger partial charge >= 0.3 is 12.4 Å². The molecular weight excluding hydrogens is 314 g/mol. The zero-order valence-corrected chi connectivity index (χ0v) is 9.90. The smallest absolute Gasteiger partial charge is 0.382 e. The van der Waals surface area contributed by atoms with Gasteiger partial charge in [-0.15, -0.1) is 0 Å². The van der Waals surface area contributed by atoms with E-state index in [-0.39, 0.29) is 5.02 Å². The summed E-state index contributed by atoms with van der Waals surface area (Å²) in [4.78, 5) is 8.77. The highest BCUT2D eigenvalue weighted by atomic mass is 35.5. The molecule has 2 heterocycles.